The smallest absolute Gasteiger partial charge is 0.315 e. The first kappa shape index (κ1) is 21.1. The fourth-order valence-corrected chi connectivity index (χ4v) is 7.69. The predicted molar refractivity (Wildman–Crippen MR) is 104 cm³/mol. The van der Waals surface area contributed by atoms with Crippen molar-refractivity contribution in [2.24, 2.45) is 40.2 Å². The van der Waals surface area contributed by atoms with Gasteiger partial charge in [-0.2, -0.15) is 13.2 Å². The molecule has 0 heterocycles. The number of halogens is 3. The third-order valence-corrected chi connectivity index (χ3v) is 9.23. The van der Waals surface area contributed by atoms with Crippen LogP contribution in [0.5, 0.6) is 0 Å². The lowest BCUT2D eigenvalue weighted by molar-refractivity contribution is -0.174. The van der Waals surface area contributed by atoms with Gasteiger partial charge in [-0.25, -0.2) is 0 Å². The van der Waals surface area contributed by atoms with Gasteiger partial charge in [0, 0.05) is 5.92 Å². The summed E-state index contributed by atoms with van der Waals surface area (Å²) in [6, 6.07) is -2.08. The van der Waals surface area contributed by atoms with Gasteiger partial charge >= 0.3 is 6.18 Å². The van der Waals surface area contributed by atoms with Crippen LogP contribution in [0.1, 0.15) is 71.6 Å². The maximum atomic E-state index is 12.9. The van der Waals surface area contributed by atoms with E-state index in [9.17, 15) is 22.8 Å². The first-order valence-electron chi connectivity index (χ1n) is 11.1. The van der Waals surface area contributed by atoms with Crippen molar-refractivity contribution in [2.45, 2.75) is 83.9 Å². The largest absolute Gasteiger partial charge is 0.452 e. The Morgan fingerprint density at radius 2 is 1.83 bits per heavy atom. The van der Waals surface area contributed by atoms with Gasteiger partial charge in [-0.3, -0.25) is 9.59 Å². The van der Waals surface area contributed by atoms with Crippen LogP contribution in [0, 0.1) is 34.5 Å². The fraction of sp³-hybridized carbons (Fsp3) is 0.826. The quantitative estimate of drug-likeness (QED) is 0.526. The van der Waals surface area contributed by atoms with Gasteiger partial charge < -0.3 is 5.73 Å². The zero-order valence-corrected chi connectivity index (χ0v) is 17.4. The van der Waals surface area contributed by atoms with Crippen LogP contribution in [0.3, 0.4) is 0 Å². The van der Waals surface area contributed by atoms with Gasteiger partial charge in [0.25, 0.3) is 5.78 Å². The Hall–Kier alpha value is -1.17. The van der Waals surface area contributed by atoms with Crippen LogP contribution >= 0.6 is 0 Å². The summed E-state index contributed by atoms with van der Waals surface area (Å²) in [5.41, 5.74) is 7.02. The molecule has 162 valence electrons. The summed E-state index contributed by atoms with van der Waals surface area (Å²) in [4.78, 5) is 24.5. The fourth-order valence-electron chi connectivity index (χ4n) is 7.69. The molecule has 0 amide bonds. The van der Waals surface area contributed by atoms with Crippen molar-refractivity contribution in [3.05, 3.63) is 11.6 Å². The molecule has 4 aliphatic rings. The van der Waals surface area contributed by atoms with Crippen LogP contribution in [0.15, 0.2) is 11.6 Å². The molecule has 3 nitrogen and oxygen atoms in total. The molecule has 7 atom stereocenters. The molecular formula is C23H32F3NO2. The van der Waals surface area contributed by atoms with Gasteiger partial charge in [-0.1, -0.05) is 31.9 Å². The summed E-state index contributed by atoms with van der Waals surface area (Å²) in [7, 11) is 0. The molecule has 0 saturated heterocycles. The number of rotatable bonds is 3. The van der Waals surface area contributed by atoms with E-state index in [1.807, 2.05) is 0 Å². The average Bonchev–Trinajstić information content (AvgIpc) is 3.02. The second-order valence-corrected chi connectivity index (χ2v) is 10.4. The summed E-state index contributed by atoms with van der Waals surface area (Å²) >= 11 is 0. The molecule has 3 saturated carbocycles. The maximum absolute atomic E-state index is 12.9. The molecule has 0 aromatic heterocycles. The van der Waals surface area contributed by atoms with Gasteiger partial charge in [0.15, 0.2) is 5.78 Å². The van der Waals surface area contributed by atoms with E-state index in [0.717, 1.165) is 25.7 Å². The second kappa shape index (κ2) is 6.93. The third kappa shape index (κ3) is 3.12. The van der Waals surface area contributed by atoms with E-state index in [4.69, 9.17) is 5.73 Å². The molecule has 4 rings (SSSR count). The highest BCUT2D eigenvalue weighted by atomic mass is 19.4. The number of Topliss-reactive ketones (excluding diaryl/α,β-unsaturated/α-hetero) is 2. The standard InChI is InChI=1S/C23H32F3NO2/c1-21-11-4-3-5-13(21)6-7-14-15-8-9-17(22(15,2)12-10-16(14)21)19(28)18(27)20(29)23(24,25)26/h6,14-18H,3-5,7-12,27H2,1-2H3/t14-,15-,16-,17+,18?,21-,22-/m0/s1. The van der Waals surface area contributed by atoms with Crippen LogP contribution < -0.4 is 5.73 Å². The zero-order chi connectivity index (χ0) is 21.2. The van der Waals surface area contributed by atoms with Crippen molar-refractivity contribution < 1.29 is 22.8 Å². The first-order chi connectivity index (χ1) is 13.5. The number of nitrogens with two attached hydrogens (primary N) is 1. The Balaban J connectivity index is 1.58. The predicted octanol–water partition coefficient (Wildman–Crippen LogP) is 4.98. The Morgan fingerprint density at radius 3 is 2.52 bits per heavy atom. The van der Waals surface area contributed by atoms with E-state index in [-0.39, 0.29) is 10.8 Å². The van der Waals surface area contributed by atoms with Crippen LogP contribution in [0.4, 0.5) is 13.2 Å². The highest BCUT2D eigenvalue weighted by molar-refractivity contribution is 6.09. The van der Waals surface area contributed by atoms with Gasteiger partial charge in [-0.05, 0) is 80.0 Å². The highest BCUT2D eigenvalue weighted by Gasteiger charge is 2.60. The molecule has 0 aromatic carbocycles. The zero-order valence-electron chi connectivity index (χ0n) is 17.4. The second-order valence-electron chi connectivity index (χ2n) is 10.4. The van der Waals surface area contributed by atoms with Crippen LogP contribution in [-0.4, -0.2) is 23.8 Å². The van der Waals surface area contributed by atoms with E-state index in [1.165, 1.54) is 25.7 Å². The monoisotopic (exact) mass is 411 g/mol. The third-order valence-electron chi connectivity index (χ3n) is 9.23. The summed E-state index contributed by atoms with van der Waals surface area (Å²) in [5, 5.41) is 0. The van der Waals surface area contributed by atoms with E-state index >= 15 is 0 Å². The number of hydrogen-bond donors (Lipinski definition) is 1. The normalized spacial score (nSPS) is 42.9. The van der Waals surface area contributed by atoms with Crippen LogP contribution in [-0.2, 0) is 9.59 Å². The van der Waals surface area contributed by atoms with Crippen molar-refractivity contribution in [1.82, 2.24) is 0 Å². The number of allylic oxidation sites excluding steroid dienone is 2. The van der Waals surface area contributed by atoms with Gasteiger partial charge in [0.2, 0.25) is 0 Å². The molecular weight excluding hydrogens is 379 g/mol. The Morgan fingerprint density at radius 1 is 1.10 bits per heavy atom. The molecule has 3 fully saturated rings. The number of fused-ring (bicyclic) bond motifs is 5. The number of carbonyl (C=O) groups is 2. The minimum Gasteiger partial charge on any atom is -0.315 e. The van der Waals surface area contributed by atoms with Crippen molar-refractivity contribution in [2.75, 3.05) is 0 Å². The molecule has 29 heavy (non-hydrogen) atoms. The lowest BCUT2D eigenvalue weighted by atomic mass is 9.47. The number of hydrogen-bond acceptors (Lipinski definition) is 3. The van der Waals surface area contributed by atoms with Crippen LogP contribution in [0.2, 0.25) is 0 Å². The molecule has 6 heteroatoms. The highest BCUT2D eigenvalue weighted by Crippen LogP contribution is 2.66. The minimum atomic E-state index is -5.06. The first-order valence-corrected chi connectivity index (χ1v) is 11.1. The van der Waals surface area contributed by atoms with E-state index < -0.39 is 29.7 Å². The SMILES string of the molecule is C[C@]12CC[C@H]3[C@@H](CC=C4CCCC[C@@]43C)[C@@H]1CC[C@@H]2C(=O)C(N)C(=O)C(F)(F)F. The van der Waals surface area contributed by atoms with Crippen molar-refractivity contribution in [1.29, 1.82) is 0 Å². The summed E-state index contributed by atoms with van der Waals surface area (Å²) in [5.74, 6) is -1.96. The number of ketones is 2. The van der Waals surface area contributed by atoms with E-state index in [0.29, 0.717) is 24.2 Å². The van der Waals surface area contributed by atoms with Gasteiger partial charge in [0.05, 0.1) is 0 Å². The Bertz CT molecular complexity index is 745. The van der Waals surface area contributed by atoms with Crippen LogP contribution in [0.25, 0.3) is 0 Å². The molecule has 0 spiro atoms. The maximum Gasteiger partial charge on any atom is 0.452 e. The average molecular weight is 412 g/mol. The Labute approximate surface area is 170 Å². The Kier molecular flexibility index (Phi) is 5.04. The molecule has 1 unspecified atom stereocenters. The van der Waals surface area contributed by atoms with Gasteiger partial charge in [0.1, 0.15) is 6.04 Å². The lowest BCUT2D eigenvalue weighted by Gasteiger charge is -2.57. The summed E-state index contributed by atoms with van der Waals surface area (Å²) in [6.45, 7) is 4.48. The number of alkyl halides is 3. The van der Waals surface area contributed by atoms with Crippen molar-refractivity contribution in [3.63, 3.8) is 0 Å². The molecule has 0 bridgehead atoms. The van der Waals surface area contributed by atoms with E-state index in [2.05, 4.69) is 19.9 Å². The minimum absolute atomic E-state index is 0.243. The molecule has 0 radical (unpaired) electrons. The molecule has 4 aliphatic carbocycles. The molecule has 0 aromatic rings. The topological polar surface area (TPSA) is 60.2 Å². The summed E-state index contributed by atoms with van der Waals surface area (Å²) < 4.78 is 38.4. The van der Waals surface area contributed by atoms with E-state index in [1.54, 1.807) is 5.57 Å². The molecule has 2 N–H and O–H groups in total. The lowest BCUT2D eigenvalue weighted by Crippen LogP contribution is -2.53. The number of carbonyl (C=O) groups excluding carboxylic acids is 2. The van der Waals surface area contributed by atoms with Crippen molar-refractivity contribution >= 4 is 11.6 Å². The van der Waals surface area contributed by atoms with Crippen molar-refractivity contribution in [3.8, 4) is 0 Å². The summed E-state index contributed by atoms with van der Waals surface area (Å²) in [6.07, 6.45) is 6.57. The van der Waals surface area contributed by atoms with Gasteiger partial charge in [-0.15, -0.1) is 0 Å². The molecule has 0 aliphatic heterocycles.